The molecule has 92 valence electrons. The average molecular weight is 262 g/mol. The molecule has 0 atom stereocenters. The number of halogens is 3. The highest BCUT2D eigenvalue weighted by atomic mass is 32.1. The molecule has 2 nitrogen and oxygen atoms in total. The fourth-order valence-corrected chi connectivity index (χ4v) is 2.45. The van der Waals surface area contributed by atoms with Crippen molar-refractivity contribution in [2.75, 3.05) is 7.11 Å². The molecule has 1 heterocycles. The van der Waals surface area contributed by atoms with Crippen LogP contribution in [0.25, 0.3) is 10.1 Å². The molecule has 1 aromatic heterocycles. The van der Waals surface area contributed by atoms with Gasteiger partial charge in [-0.05, 0) is 29.1 Å². The van der Waals surface area contributed by atoms with Crippen molar-refractivity contribution in [1.82, 2.24) is 0 Å². The first kappa shape index (κ1) is 12.2. The normalized spacial score (nSPS) is 12.0. The molecule has 17 heavy (non-hydrogen) atoms. The third-order valence-electron chi connectivity index (χ3n) is 2.16. The number of alkyl halides is 3. The van der Waals surface area contributed by atoms with Gasteiger partial charge in [-0.25, -0.2) is 0 Å². The van der Waals surface area contributed by atoms with E-state index in [4.69, 9.17) is 4.74 Å². The minimum atomic E-state index is -4.66. The Labute approximate surface area is 99.6 Å². The second-order valence-corrected chi connectivity index (χ2v) is 4.31. The lowest BCUT2D eigenvalue weighted by molar-refractivity contribution is -0.274. The van der Waals surface area contributed by atoms with E-state index in [1.165, 1.54) is 23.5 Å². The summed E-state index contributed by atoms with van der Waals surface area (Å²) in [7, 11) is 1.54. The SMILES string of the molecule is COCc1csc2ccc(OC(F)(F)F)cc12. The van der Waals surface area contributed by atoms with Crippen LogP contribution in [0, 0.1) is 0 Å². The summed E-state index contributed by atoms with van der Waals surface area (Å²) in [5.74, 6) is -0.208. The maximum Gasteiger partial charge on any atom is 0.573 e. The van der Waals surface area contributed by atoms with Crippen LogP contribution in [0.5, 0.6) is 5.75 Å². The summed E-state index contributed by atoms with van der Waals surface area (Å²) in [5.41, 5.74) is 0.861. The number of ether oxygens (including phenoxy) is 2. The fourth-order valence-electron chi connectivity index (χ4n) is 1.53. The molecule has 0 bridgehead atoms. The minimum absolute atomic E-state index is 0.208. The van der Waals surface area contributed by atoms with Crippen LogP contribution in [-0.2, 0) is 11.3 Å². The molecule has 0 aliphatic carbocycles. The van der Waals surface area contributed by atoms with Gasteiger partial charge in [-0.2, -0.15) is 0 Å². The highest BCUT2D eigenvalue weighted by Gasteiger charge is 2.31. The van der Waals surface area contributed by atoms with Crippen LogP contribution in [0.1, 0.15) is 5.56 Å². The molecular weight excluding hydrogens is 253 g/mol. The van der Waals surface area contributed by atoms with Crippen LogP contribution in [0.2, 0.25) is 0 Å². The maximum absolute atomic E-state index is 12.1. The number of methoxy groups -OCH3 is 1. The second kappa shape index (κ2) is 4.54. The van der Waals surface area contributed by atoms with Gasteiger partial charge < -0.3 is 9.47 Å². The van der Waals surface area contributed by atoms with E-state index in [0.717, 1.165) is 15.6 Å². The fraction of sp³-hybridized carbons (Fsp3) is 0.273. The van der Waals surface area contributed by atoms with E-state index in [1.807, 2.05) is 5.38 Å². The number of benzene rings is 1. The van der Waals surface area contributed by atoms with E-state index in [-0.39, 0.29) is 5.75 Å². The van der Waals surface area contributed by atoms with Crippen molar-refractivity contribution in [3.63, 3.8) is 0 Å². The van der Waals surface area contributed by atoms with Crippen LogP contribution < -0.4 is 4.74 Å². The predicted molar refractivity (Wildman–Crippen MR) is 59.2 cm³/mol. The number of hydrogen-bond acceptors (Lipinski definition) is 3. The summed E-state index contributed by atoms with van der Waals surface area (Å²) >= 11 is 1.46. The average Bonchev–Trinajstić information content (AvgIpc) is 2.59. The van der Waals surface area contributed by atoms with Gasteiger partial charge in [-0.1, -0.05) is 0 Å². The van der Waals surface area contributed by atoms with Crippen LogP contribution >= 0.6 is 11.3 Å². The van der Waals surface area contributed by atoms with Crippen LogP contribution in [0.3, 0.4) is 0 Å². The smallest absolute Gasteiger partial charge is 0.406 e. The molecular formula is C11H9F3O2S. The number of rotatable bonds is 3. The maximum atomic E-state index is 12.1. The number of fused-ring (bicyclic) bond motifs is 1. The van der Waals surface area contributed by atoms with Gasteiger partial charge in [-0.15, -0.1) is 24.5 Å². The Morgan fingerprint density at radius 2 is 2.06 bits per heavy atom. The van der Waals surface area contributed by atoms with E-state index in [2.05, 4.69) is 4.74 Å². The van der Waals surface area contributed by atoms with Crippen LogP contribution in [0.15, 0.2) is 23.6 Å². The monoisotopic (exact) mass is 262 g/mol. The summed E-state index contributed by atoms with van der Waals surface area (Å²) in [4.78, 5) is 0. The summed E-state index contributed by atoms with van der Waals surface area (Å²) < 4.78 is 46.0. The molecule has 0 unspecified atom stereocenters. The van der Waals surface area contributed by atoms with E-state index < -0.39 is 6.36 Å². The van der Waals surface area contributed by atoms with E-state index in [0.29, 0.717) is 6.61 Å². The first-order chi connectivity index (χ1) is 7.99. The van der Waals surface area contributed by atoms with Crippen molar-refractivity contribution in [1.29, 1.82) is 0 Å². The molecule has 0 aliphatic heterocycles. The molecule has 0 radical (unpaired) electrons. The van der Waals surface area contributed by atoms with Crippen molar-refractivity contribution in [3.05, 3.63) is 29.1 Å². The molecule has 0 amide bonds. The molecule has 0 spiro atoms. The van der Waals surface area contributed by atoms with Crippen LogP contribution in [-0.4, -0.2) is 13.5 Å². The lowest BCUT2D eigenvalue weighted by Gasteiger charge is -2.08. The third-order valence-corrected chi connectivity index (χ3v) is 3.17. The molecule has 0 aliphatic rings. The van der Waals surface area contributed by atoms with Gasteiger partial charge in [0, 0.05) is 17.2 Å². The Bertz CT molecular complexity index is 519. The molecule has 2 aromatic rings. The largest absolute Gasteiger partial charge is 0.573 e. The minimum Gasteiger partial charge on any atom is -0.406 e. The quantitative estimate of drug-likeness (QED) is 0.834. The molecule has 0 N–H and O–H groups in total. The molecule has 2 rings (SSSR count). The van der Waals surface area contributed by atoms with Crippen LogP contribution in [0.4, 0.5) is 13.2 Å². The summed E-state index contributed by atoms with van der Waals surface area (Å²) in [6.45, 7) is 0.371. The van der Waals surface area contributed by atoms with Gasteiger partial charge >= 0.3 is 6.36 Å². The zero-order chi connectivity index (χ0) is 12.5. The first-order valence-electron chi connectivity index (χ1n) is 4.74. The lowest BCUT2D eigenvalue weighted by atomic mass is 10.2. The van der Waals surface area contributed by atoms with E-state index in [1.54, 1.807) is 13.2 Å². The number of thiophene rings is 1. The summed E-state index contributed by atoms with van der Waals surface area (Å²) in [6, 6.07) is 4.30. The third kappa shape index (κ3) is 2.89. The number of hydrogen-bond donors (Lipinski definition) is 0. The highest BCUT2D eigenvalue weighted by Crippen LogP contribution is 2.32. The van der Waals surface area contributed by atoms with Crippen molar-refractivity contribution >= 4 is 21.4 Å². The Morgan fingerprint density at radius 1 is 1.29 bits per heavy atom. The summed E-state index contributed by atoms with van der Waals surface area (Å²) in [5, 5.41) is 2.60. The Hall–Kier alpha value is -1.27. The van der Waals surface area contributed by atoms with Gasteiger partial charge in [0.1, 0.15) is 5.75 Å². The predicted octanol–water partition coefficient (Wildman–Crippen LogP) is 3.95. The zero-order valence-electron chi connectivity index (χ0n) is 8.88. The summed E-state index contributed by atoms with van der Waals surface area (Å²) in [6.07, 6.45) is -4.66. The van der Waals surface area contributed by atoms with Gasteiger partial charge in [0.2, 0.25) is 0 Å². The highest BCUT2D eigenvalue weighted by molar-refractivity contribution is 7.17. The Kier molecular flexibility index (Phi) is 3.26. The van der Waals surface area contributed by atoms with Crippen molar-refractivity contribution in [2.24, 2.45) is 0 Å². The Morgan fingerprint density at radius 3 is 2.71 bits per heavy atom. The topological polar surface area (TPSA) is 18.5 Å². The van der Waals surface area contributed by atoms with E-state index in [9.17, 15) is 13.2 Å². The Balaban J connectivity index is 2.37. The van der Waals surface area contributed by atoms with Gasteiger partial charge in [-0.3, -0.25) is 0 Å². The van der Waals surface area contributed by atoms with Gasteiger partial charge in [0.25, 0.3) is 0 Å². The zero-order valence-corrected chi connectivity index (χ0v) is 9.69. The van der Waals surface area contributed by atoms with Crippen molar-refractivity contribution in [2.45, 2.75) is 13.0 Å². The van der Waals surface area contributed by atoms with Gasteiger partial charge in [0.05, 0.1) is 6.61 Å². The molecule has 0 fully saturated rings. The van der Waals surface area contributed by atoms with Crippen molar-refractivity contribution < 1.29 is 22.6 Å². The first-order valence-corrected chi connectivity index (χ1v) is 5.62. The standard InChI is InChI=1S/C11H9F3O2S/c1-15-5-7-6-17-10-3-2-8(4-9(7)10)16-11(12,13)14/h2-4,6H,5H2,1H3. The van der Waals surface area contributed by atoms with Crippen molar-refractivity contribution in [3.8, 4) is 5.75 Å². The lowest BCUT2D eigenvalue weighted by Crippen LogP contribution is -2.16. The molecule has 6 heteroatoms. The molecule has 1 aromatic carbocycles. The second-order valence-electron chi connectivity index (χ2n) is 3.40. The van der Waals surface area contributed by atoms with Gasteiger partial charge in [0.15, 0.2) is 0 Å². The van der Waals surface area contributed by atoms with E-state index >= 15 is 0 Å². The molecule has 0 saturated heterocycles. The molecule has 0 saturated carbocycles.